The van der Waals surface area contributed by atoms with Crippen molar-refractivity contribution in [1.82, 2.24) is 4.90 Å². The molecular formula is C12H23NO2. The van der Waals surface area contributed by atoms with Crippen LogP contribution in [0.2, 0.25) is 0 Å². The van der Waals surface area contributed by atoms with Gasteiger partial charge in [0.2, 0.25) is 0 Å². The van der Waals surface area contributed by atoms with Gasteiger partial charge < -0.3 is 9.84 Å². The Morgan fingerprint density at radius 2 is 2.07 bits per heavy atom. The Morgan fingerprint density at radius 1 is 1.20 bits per heavy atom. The third-order valence-corrected chi connectivity index (χ3v) is 3.85. The van der Waals surface area contributed by atoms with Crippen LogP contribution in [0, 0.1) is 5.92 Å². The molecule has 88 valence electrons. The zero-order valence-electron chi connectivity index (χ0n) is 9.69. The zero-order valence-corrected chi connectivity index (χ0v) is 9.69. The van der Waals surface area contributed by atoms with Crippen LogP contribution in [0.1, 0.15) is 32.6 Å². The highest BCUT2D eigenvalue weighted by atomic mass is 16.5. The van der Waals surface area contributed by atoms with Crippen molar-refractivity contribution in [2.24, 2.45) is 5.92 Å². The molecule has 3 atom stereocenters. The minimum atomic E-state index is -0.0737. The number of aliphatic hydroxyl groups excluding tert-OH is 1. The van der Waals surface area contributed by atoms with Crippen molar-refractivity contribution in [3.63, 3.8) is 0 Å². The Labute approximate surface area is 92.4 Å². The fraction of sp³-hybridized carbons (Fsp3) is 1.00. The van der Waals surface area contributed by atoms with Gasteiger partial charge in [-0.1, -0.05) is 6.92 Å². The molecule has 1 saturated carbocycles. The van der Waals surface area contributed by atoms with Gasteiger partial charge in [-0.05, 0) is 31.6 Å². The van der Waals surface area contributed by atoms with Crippen LogP contribution >= 0.6 is 0 Å². The lowest BCUT2D eigenvalue weighted by Gasteiger charge is -2.39. The summed E-state index contributed by atoms with van der Waals surface area (Å²) in [6.45, 7) is 6.27. The standard InChI is InChI=1S/C12H23NO2/c1-10-3-4-11(14)9-12(10)13-5-2-7-15-8-6-13/h10-12,14H,2-9H2,1H3. The van der Waals surface area contributed by atoms with Crippen molar-refractivity contribution < 1.29 is 9.84 Å². The van der Waals surface area contributed by atoms with Gasteiger partial charge in [0.15, 0.2) is 0 Å². The summed E-state index contributed by atoms with van der Waals surface area (Å²) in [6, 6.07) is 0.579. The average Bonchev–Trinajstić information content (AvgIpc) is 2.50. The van der Waals surface area contributed by atoms with Crippen LogP contribution in [0.5, 0.6) is 0 Å². The van der Waals surface area contributed by atoms with Gasteiger partial charge >= 0.3 is 0 Å². The highest BCUT2D eigenvalue weighted by Gasteiger charge is 2.31. The zero-order chi connectivity index (χ0) is 10.7. The van der Waals surface area contributed by atoms with Crippen LogP contribution in [0.4, 0.5) is 0 Å². The molecule has 1 heterocycles. The van der Waals surface area contributed by atoms with E-state index in [-0.39, 0.29) is 6.10 Å². The average molecular weight is 213 g/mol. The smallest absolute Gasteiger partial charge is 0.0593 e. The number of hydrogen-bond donors (Lipinski definition) is 1. The second-order valence-corrected chi connectivity index (χ2v) is 5.01. The molecule has 0 aromatic rings. The second kappa shape index (κ2) is 5.28. The minimum Gasteiger partial charge on any atom is -0.393 e. The van der Waals surface area contributed by atoms with E-state index < -0.39 is 0 Å². The fourth-order valence-corrected chi connectivity index (χ4v) is 2.88. The predicted molar refractivity (Wildman–Crippen MR) is 59.8 cm³/mol. The molecule has 1 N–H and O–H groups in total. The lowest BCUT2D eigenvalue weighted by atomic mass is 9.83. The molecule has 3 nitrogen and oxygen atoms in total. The molecule has 0 bridgehead atoms. The van der Waals surface area contributed by atoms with E-state index in [2.05, 4.69) is 11.8 Å². The Kier molecular flexibility index (Phi) is 4.00. The third kappa shape index (κ3) is 2.92. The Balaban J connectivity index is 1.93. The molecule has 2 rings (SSSR count). The van der Waals surface area contributed by atoms with Crippen molar-refractivity contribution in [3.8, 4) is 0 Å². The van der Waals surface area contributed by atoms with Crippen molar-refractivity contribution in [1.29, 1.82) is 0 Å². The monoisotopic (exact) mass is 213 g/mol. The van der Waals surface area contributed by atoms with E-state index in [9.17, 15) is 5.11 Å². The first-order valence-corrected chi connectivity index (χ1v) is 6.27. The van der Waals surface area contributed by atoms with Gasteiger partial charge in [0, 0.05) is 25.7 Å². The molecule has 0 aromatic heterocycles. The Morgan fingerprint density at radius 3 is 2.93 bits per heavy atom. The predicted octanol–water partition coefficient (Wildman–Crippen LogP) is 1.26. The molecule has 3 unspecified atom stereocenters. The summed E-state index contributed by atoms with van der Waals surface area (Å²) in [4.78, 5) is 2.53. The quantitative estimate of drug-likeness (QED) is 0.712. The Hall–Kier alpha value is -0.120. The summed E-state index contributed by atoms with van der Waals surface area (Å²) in [5.41, 5.74) is 0. The van der Waals surface area contributed by atoms with Gasteiger partial charge in [-0.3, -0.25) is 4.90 Å². The van der Waals surface area contributed by atoms with Crippen LogP contribution < -0.4 is 0 Å². The van der Waals surface area contributed by atoms with Gasteiger partial charge in [-0.2, -0.15) is 0 Å². The van der Waals surface area contributed by atoms with E-state index in [4.69, 9.17) is 4.74 Å². The number of hydrogen-bond acceptors (Lipinski definition) is 3. The second-order valence-electron chi connectivity index (χ2n) is 5.01. The molecule has 0 aromatic carbocycles. The van der Waals surface area contributed by atoms with Crippen molar-refractivity contribution in [2.75, 3.05) is 26.3 Å². The van der Waals surface area contributed by atoms with Crippen LogP contribution in [-0.2, 0) is 4.74 Å². The molecule has 1 aliphatic heterocycles. The first-order chi connectivity index (χ1) is 7.27. The maximum Gasteiger partial charge on any atom is 0.0593 e. The maximum atomic E-state index is 9.74. The van der Waals surface area contributed by atoms with Crippen LogP contribution in [0.3, 0.4) is 0 Å². The number of ether oxygens (including phenoxy) is 1. The molecule has 15 heavy (non-hydrogen) atoms. The number of nitrogens with zero attached hydrogens (tertiary/aromatic N) is 1. The molecule has 0 amide bonds. The lowest BCUT2D eigenvalue weighted by Crippen LogP contribution is -2.45. The van der Waals surface area contributed by atoms with Crippen molar-refractivity contribution in [2.45, 2.75) is 44.8 Å². The van der Waals surface area contributed by atoms with Crippen LogP contribution in [0.25, 0.3) is 0 Å². The summed E-state index contributed by atoms with van der Waals surface area (Å²) in [5.74, 6) is 0.728. The van der Waals surface area contributed by atoms with E-state index in [1.165, 1.54) is 6.42 Å². The van der Waals surface area contributed by atoms with Gasteiger partial charge in [0.25, 0.3) is 0 Å². The number of rotatable bonds is 1. The molecule has 2 aliphatic rings. The summed E-state index contributed by atoms with van der Waals surface area (Å²) in [6.07, 6.45) is 4.18. The van der Waals surface area contributed by atoms with Crippen molar-refractivity contribution >= 4 is 0 Å². The summed E-state index contributed by atoms with van der Waals surface area (Å²) >= 11 is 0. The largest absolute Gasteiger partial charge is 0.393 e. The molecule has 3 heteroatoms. The van der Waals surface area contributed by atoms with E-state index in [1.807, 2.05) is 0 Å². The highest BCUT2D eigenvalue weighted by molar-refractivity contribution is 4.85. The molecular weight excluding hydrogens is 190 g/mol. The SMILES string of the molecule is CC1CCC(O)CC1N1CCCOCC1. The summed E-state index contributed by atoms with van der Waals surface area (Å²) in [7, 11) is 0. The van der Waals surface area contributed by atoms with Gasteiger partial charge in [0.1, 0.15) is 0 Å². The van der Waals surface area contributed by atoms with E-state index >= 15 is 0 Å². The van der Waals surface area contributed by atoms with Crippen molar-refractivity contribution in [3.05, 3.63) is 0 Å². The van der Waals surface area contributed by atoms with Crippen LogP contribution in [-0.4, -0.2) is 48.5 Å². The van der Waals surface area contributed by atoms with Crippen LogP contribution in [0.15, 0.2) is 0 Å². The third-order valence-electron chi connectivity index (χ3n) is 3.85. The van der Waals surface area contributed by atoms with Gasteiger partial charge in [-0.25, -0.2) is 0 Å². The van der Waals surface area contributed by atoms with Gasteiger partial charge in [-0.15, -0.1) is 0 Å². The van der Waals surface area contributed by atoms with E-state index in [1.54, 1.807) is 0 Å². The topological polar surface area (TPSA) is 32.7 Å². The molecule has 1 saturated heterocycles. The first-order valence-electron chi connectivity index (χ1n) is 6.27. The summed E-state index contributed by atoms with van der Waals surface area (Å²) in [5, 5.41) is 9.74. The number of aliphatic hydroxyl groups is 1. The lowest BCUT2D eigenvalue weighted by molar-refractivity contribution is 0.0305. The molecule has 1 aliphatic carbocycles. The molecule has 0 spiro atoms. The normalized spacial score (nSPS) is 40.0. The highest BCUT2D eigenvalue weighted by Crippen LogP contribution is 2.28. The first kappa shape index (κ1) is 11.4. The van der Waals surface area contributed by atoms with E-state index in [0.29, 0.717) is 6.04 Å². The minimum absolute atomic E-state index is 0.0737. The van der Waals surface area contributed by atoms with Gasteiger partial charge in [0.05, 0.1) is 12.7 Å². The summed E-state index contributed by atoms with van der Waals surface area (Å²) < 4.78 is 5.47. The molecule has 2 fully saturated rings. The fourth-order valence-electron chi connectivity index (χ4n) is 2.88. The molecule has 0 radical (unpaired) electrons. The van der Waals surface area contributed by atoms with E-state index in [0.717, 1.165) is 51.5 Å². The Bertz CT molecular complexity index is 190. The maximum absolute atomic E-state index is 9.74.